The van der Waals surface area contributed by atoms with Crippen LogP contribution in [0, 0.1) is 17.3 Å². The van der Waals surface area contributed by atoms with Crippen molar-refractivity contribution in [2.45, 2.75) is 75.5 Å². The van der Waals surface area contributed by atoms with E-state index in [9.17, 15) is 27.9 Å². The molecule has 4 aliphatic rings. The molecule has 1 aromatic carbocycles. The first kappa shape index (κ1) is 27.0. The molecular weight excluding hydrogens is 505 g/mol. The maximum Gasteiger partial charge on any atom is 0.456 e. The van der Waals surface area contributed by atoms with Crippen LogP contribution in [0.3, 0.4) is 0 Å². The van der Waals surface area contributed by atoms with Crippen molar-refractivity contribution in [1.82, 2.24) is 4.90 Å². The minimum Gasteiger partial charge on any atom is -0.383 e. The third-order valence-electron chi connectivity index (χ3n) is 9.73. The van der Waals surface area contributed by atoms with Crippen molar-refractivity contribution in [2.75, 3.05) is 14.1 Å². The van der Waals surface area contributed by atoms with Gasteiger partial charge in [-0.25, -0.2) is 0 Å². The lowest BCUT2D eigenvalue weighted by Crippen LogP contribution is -2.65. The largest absolute Gasteiger partial charge is 0.456 e. The molecule has 2 fully saturated rings. The summed E-state index contributed by atoms with van der Waals surface area (Å²) < 4.78 is 71.1. The molecular formula is C29H32F5NO3. The average molecular weight is 538 g/mol. The maximum absolute atomic E-state index is 15.0. The molecule has 0 bridgehead atoms. The third-order valence-corrected chi connectivity index (χ3v) is 9.73. The summed E-state index contributed by atoms with van der Waals surface area (Å²) in [6.45, 7) is 1.40. The van der Waals surface area contributed by atoms with Crippen molar-refractivity contribution in [1.29, 1.82) is 0 Å². The summed E-state index contributed by atoms with van der Waals surface area (Å²) in [6.07, 6.45) is -2.96. The zero-order chi connectivity index (χ0) is 27.8. The van der Waals surface area contributed by atoms with Crippen LogP contribution in [0.5, 0.6) is 0 Å². The number of amides is 1. The van der Waals surface area contributed by atoms with E-state index in [-0.39, 0.29) is 30.4 Å². The molecule has 38 heavy (non-hydrogen) atoms. The second-order valence-corrected chi connectivity index (χ2v) is 11.8. The highest BCUT2D eigenvalue weighted by molar-refractivity contribution is 5.94. The molecule has 9 heteroatoms. The fourth-order valence-corrected chi connectivity index (χ4v) is 7.83. The number of alkyl halides is 5. The zero-order valence-electron chi connectivity index (χ0n) is 21.7. The van der Waals surface area contributed by atoms with Crippen molar-refractivity contribution in [3.05, 3.63) is 58.2 Å². The van der Waals surface area contributed by atoms with Gasteiger partial charge in [-0.3, -0.25) is 9.59 Å². The fourth-order valence-electron chi connectivity index (χ4n) is 7.83. The predicted molar refractivity (Wildman–Crippen MR) is 131 cm³/mol. The summed E-state index contributed by atoms with van der Waals surface area (Å²) in [6, 6.07) is 6.75. The smallest absolute Gasteiger partial charge is 0.383 e. The van der Waals surface area contributed by atoms with E-state index in [4.69, 9.17) is 0 Å². The Morgan fingerprint density at radius 3 is 2.29 bits per heavy atom. The van der Waals surface area contributed by atoms with E-state index in [1.54, 1.807) is 44.4 Å². The minimum absolute atomic E-state index is 0.0339. The molecule has 206 valence electrons. The van der Waals surface area contributed by atoms with Crippen molar-refractivity contribution >= 4 is 11.7 Å². The first-order chi connectivity index (χ1) is 17.6. The summed E-state index contributed by atoms with van der Waals surface area (Å²) in [4.78, 5) is 26.0. The number of benzene rings is 1. The molecule has 0 saturated heterocycles. The number of carbonyl (C=O) groups is 2. The molecule has 1 amide bonds. The van der Waals surface area contributed by atoms with Crippen LogP contribution in [0.15, 0.2) is 47.1 Å². The second-order valence-electron chi connectivity index (χ2n) is 11.8. The van der Waals surface area contributed by atoms with Gasteiger partial charge in [0.2, 0.25) is 0 Å². The SMILES string of the molecule is CN(C)C(=O)c1ccc([C@H]2C[C@@]3(C)C(CC[C@@]3(O)C(F)(F)C(F)(F)F)C3CCC4=CC(=O)CCC4=C32)cc1. The highest BCUT2D eigenvalue weighted by Crippen LogP contribution is 2.70. The van der Waals surface area contributed by atoms with Crippen molar-refractivity contribution < 1.29 is 36.6 Å². The van der Waals surface area contributed by atoms with Crippen LogP contribution in [-0.2, 0) is 4.79 Å². The molecule has 4 nitrogen and oxygen atoms in total. The van der Waals surface area contributed by atoms with Gasteiger partial charge < -0.3 is 10.0 Å². The Kier molecular flexibility index (Phi) is 6.21. The summed E-state index contributed by atoms with van der Waals surface area (Å²) in [5, 5.41) is 11.3. The molecule has 1 N–H and O–H groups in total. The van der Waals surface area contributed by atoms with E-state index in [2.05, 4.69) is 0 Å². The van der Waals surface area contributed by atoms with Gasteiger partial charge in [0, 0.05) is 37.4 Å². The zero-order valence-corrected chi connectivity index (χ0v) is 21.7. The minimum atomic E-state index is -5.88. The number of allylic oxidation sites excluding steroid dienone is 4. The average Bonchev–Trinajstić information content (AvgIpc) is 3.13. The molecule has 0 spiro atoms. The number of halogens is 5. The number of carbonyl (C=O) groups excluding carboxylic acids is 2. The second kappa shape index (κ2) is 8.73. The lowest BCUT2D eigenvalue weighted by atomic mass is 9.50. The number of fused-ring (bicyclic) bond motifs is 4. The van der Waals surface area contributed by atoms with E-state index >= 15 is 8.78 Å². The Balaban J connectivity index is 1.66. The first-order valence-electron chi connectivity index (χ1n) is 13.1. The van der Waals surface area contributed by atoms with Crippen LogP contribution in [0.1, 0.15) is 73.7 Å². The first-order valence-corrected chi connectivity index (χ1v) is 13.1. The number of hydrogen-bond donors (Lipinski definition) is 1. The number of rotatable bonds is 3. The Morgan fingerprint density at radius 2 is 1.68 bits per heavy atom. The molecule has 0 radical (unpaired) electrons. The summed E-state index contributed by atoms with van der Waals surface area (Å²) in [5.41, 5.74) is -0.861. The van der Waals surface area contributed by atoms with Gasteiger partial charge in [-0.05, 0) is 85.3 Å². The number of ketones is 1. The Morgan fingerprint density at radius 1 is 1.03 bits per heavy atom. The van der Waals surface area contributed by atoms with Gasteiger partial charge in [-0.1, -0.05) is 24.6 Å². The topological polar surface area (TPSA) is 57.6 Å². The normalized spacial score (nSPS) is 33.3. The molecule has 4 aliphatic carbocycles. The van der Waals surface area contributed by atoms with E-state index in [0.717, 1.165) is 16.7 Å². The van der Waals surface area contributed by atoms with Gasteiger partial charge in [0.05, 0.1) is 0 Å². The third kappa shape index (κ3) is 3.71. The molecule has 5 atom stereocenters. The van der Waals surface area contributed by atoms with Crippen molar-refractivity contribution in [3.8, 4) is 0 Å². The van der Waals surface area contributed by atoms with E-state index in [1.165, 1.54) is 11.8 Å². The van der Waals surface area contributed by atoms with Crippen LogP contribution in [0.4, 0.5) is 22.0 Å². The maximum atomic E-state index is 15.0. The van der Waals surface area contributed by atoms with Crippen LogP contribution >= 0.6 is 0 Å². The van der Waals surface area contributed by atoms with Gasteiger partial charge in [-0.15, -0.1) is 0 Å². The Labute approximate surface area is 218 Å². The summed E-state index contributed by atoms with van der Waals surface area (Å²) >= 11 is 0. The molecule has 2 unspecified atom stereocenters. The predicted octanol–water partition coefficient (Wildman–Crippen LogP) is 6.22. The molecule has 5 rings (SSSR count). The van der Waals surface area contributed by atoms with Crippen LogP contribution in [0.2, 0.25) is 0 Å². The number of aliphatic hydroxyl groups is 1. The monoisotopic (exact) mass is 537 g/mol. The van der Waals surface area contributed by atoms with Crippen LogP contribution < -0.4 is 0 Å². The van der Waals surface area contributed by atoms with E-state index < -0.39 is 41.4 Å². The van der Waals surface area contributed by atoms with E-state index in [1.807, 2.05) is 0 Å². The van der Waals surface area contributed by atoms with Crippen molar-refractivity contribution in [2.24, 2.45) is 17.3 Å². The van der Waals surface area contributed by atoms with Gasteiger partial charge >= 0.3 is 12.1 Å². The number of hydrogen-bond acceptors (Lipinski definition) is 3. The van der Waals surface area contributed by atoms with Gasteiger partial charge in [0.15, 0.2) is 5.78 Å². The standard InChI is InChI=1S/C29H32F5NO3/c1-26-15-22(16-4-6-17(7-5-16)25(37)35(2)3)24-20-11-9-19(36)14-18(20)8-10-21(24)23(26)12-13-27(26,38)28(30,31)29(32,33)34/h4-7,14,21-23,38H,8-13,15H2,1-3H3/t21?,22-,23?,26+,27+/m1/s1. The fraction of sp³-hybridized carbons (Fsp3) is 0.586. The quantitative estimate of drug-likeness (QED) is 0.466. The Hall–Kier alpha value is -2.55. The lowest BCUT2D eigenvalue weighted by Gasteiger charge is -2.56. The Bertz CT molecular complexity index is 1230. The highest BCUT2D eigenvalue weighted by atomic mass is 19.4. The molecule has 0 heterocycles. The molecule has 1 aromatic rings. The van der Waals surface area contributed by atoms with E-state index in [0.29, 0.717) is 36.8 Å². The lowest BCUT2D eigenvalue weighted by molar-refractivity contribution is -0.362. The molecule has 0 aromatic heterocycles. The van der Waals surface area contributed by atoms with Gasteiger partial charge in [-0.2, -0.15) is 22.0 Å². The van der Waals surface area contributed by atoms with Gasteiger partial charge in [0.1, 0.15) is 5.60 Å². The number of nitrogens with zero attached hydrogens (tertiary/aromatic N) is 1. The van der Waals surface area contributed by atoms with Crippen LogP contribution in [0.25, 0.3) is 0 Å². The molecule has 2 saturated carbocycles. The summed E-state index contributed by atoms with van der Waals surface area (Å²) in [5.74, 6) is -6.79. The molecule has 0 aliphatic heterocycles. The highest BCUT2D eigenvalue weighted by Gasteiger charge is 2.79. The summed E-state index contributed by atoms with van der Waals surface area (Å²) in [7, 11) is 3.24. The van der Waals surface area contributed by atoms with Crippen LogP contribution in [-0.4, -0.2) is 53.5 Å². The van der Waals surface area contributed by atoms with Crippen molar-refractivity contribution in [3.63, 3.8) is 0 Å². The van der Waals surface area contributed by atoms with Gasteiger partial charge in [0.25, 0.3) is 5.91 Å².